The minimum atomic E-state index is -0.576. The molecule has 0 aromatic heterocycles. The van der Waals surface area contributed by atoms with Crippen molar-refractivity contribution < 1.29 is 5.11 Å². The third kappa shape index (κ3) is 4.35. The normalized spacial score (nSPS) is 15.0. The fourth-order valence-corrected chi connectivity index (χ4v) is 0.445. The van der Waals surface area contributed by atoms with E-state index in [9.17, 15) is 0 Å². The van der Waals surface area contributed by atoms with E-state index in [1.165, 1.54) is 5.01 Å². The first kappa shape index (κ1) is 8.84. The van der Waals surface area contributed by atoms with Gasteiger partial charge in [-0.3, -0.25) is 10.7 Å². The number of aliphatic hydroxyl groups is 1. The molecule has 0 aromatic rings. The smallest absolute Gasteiger partial charge is 0.118 e. The van der Waals surface area contributed by atoms with Crippen molar-refractivity contribution in [3.63, 3.8) is 0 Å². The molecule has 0 aliphatic carbocycles. The summed E-state index contributed by atoms with van der Waals surface area (Å²) < 4.78 is 0. The van der Waals surface area contributed by atoms with Crippen LogP contribution in [-0.2, 0) is 0 Å². The van der Waals surface area contributed by atoms with Crippen molar-refractivity contribution in [2.45, 2.75) is 13.2 Å². The van der Waals surface area contributed by atoms with Crippen molar-refractivity contribution >= 4 is 0 Å². The summed E-state index contributed by atoms with van der Waals surface area (Å²) in [6.07, 6.45) is -0.576. The van der Waals surface area contributed by atoms with Crippen molar-refractivity contribution in [2.24, 2.45) is 5.84 Å². The van der Waals surface area contributed by atoms with Crippen molar-refractivity contribution in [1.82, 2.24) is 9.91 Å². The Morgan fingerprint density at radius 2 is 2.00 bits per heavy atom. The minimum absolute atomic E-state index is 0.567. The standard InChI is InChI=1S/C5H15N3O/c1-5(9)8(6)4-7(2)3/h5,9H,4,6H2,1-3H3. The predicted octanol–water partition coefficient (Wildman–Crippen LogP) is -0.980. The molecule has 0 heterocycles. The van der Waals surface area contributed by atoms with E-state index in [2.05, 4.69) is 0 Å². The highest BCUT2D eigenvalue weighted by atomic mass is 16.3. The first-order valence-electron chi connectivity index (χ1n) is 2.88. The van der Waals surface area contributed by atoms with Gasteiger partial charge in [-0.2, -0.15) is 0 Å². The van der Waals surface area contributed by atoms with E-state index in [-0.39, 0.29) is 0 Å². The van der Waals surface area contributed by atoms with Crippen LogP contribution in [0.5, 0.6) is 0 Å². The second kappa shape index (κ2) is 3.79. The maximum atomic E-state index is 8.84. The highest BCUT2D eigenvalue weighted by molar-refractivity contribution is 4.44. The first-order chi connectivity index (χ1) is 4.04. The summed E-state index contributed by atoms with van der Waals surface area (Å²) in [4.78, 5) is 1.88. The lowest BCUT2D eigenvalue weighted by molar-refractivity contribution is -0.00876. The van der Waals surface area contributed by atoms with Crippen molar-refractivity contribution in [1.29, 1.82) is 0 Å². The molecule has 3 N–H and O–H groups in total. The second-order valence-corrected chi connectivity index (χ2v) is 2.37. The summed E-state index contributed by atoms with van der Waals surface area (Å²) in [5.41, 5.74) is 0. The Labute approximate surface area is 55.8 Å². The lowest BCUT2D eigenvalue weighted by Crippen LogP contribution is -2.44. The summed E-state index contributed by atoms with van der Waals surface area (Å²) in [7, 11) is 3.78. The monoisotopic (exact) mass is 133 g/mol. The Balaban J connectivity index is 3.38. The summed E-state index contributed by atoms with van der Waals surface area (Å²) in [5, 5.41) is 10.2. The van der Waals surface area contributed by atoms with E-state index in [4.69, 9.17) is 10.9 Å². The van der Waals surface area contributed by atoms with E-state index in [0.29, 0.717) is 6.67 Å². The van der Waals surface area contributed by atoms with E-state index < -0.39 is 6.23 Å². The molecule has 0 aliphatic rings. The molecule has 9 heavy (non-hydrogen) atoms. The van der Waals surface area contributed by atoms with Crippen LogP contribution in [0.15, 0.2) is 0 Å². The topological polar surface area (TPSA) is 52.7 Å². The van der Waals surface area contributed by atoms with Crippen molar-refractivity contribution in [3.8, 4) is 0 Å². The maximum Gasteiger partial charge on any atom is 0.118 e. The Bertz CT molecular complexity index is 74.6. The third-order valence-corrected chi connectivity index (χ3v) is 0.926. The van der Waals surface area contributed by atoms with Gasteiger partial charge >= 0.3 is 0 Å². The lowest BCUT2D eigenvalue weighted by atomic mass is 10.6. The van der Waals surface area contributed by atoms with E-state index >= 15 is 0 Å². The van der Waals surface area contributed by atoms with Gasteiger partial charge in [-0.05, 0) is 21.0 Å². The van der Waals surface area contributed by atoms with Gasteiger partial charge in [0.1, 0.15) is 6.23 Å². The zero-order valence-corrected chi connectivity index (χ0v) is 6.20. The molecular formula is C5H15N3O. The van der Waals surface area contributed by atoms with Gasteiger partial charge in [0, 0.05) is 0 Å². The van der Waals surface area contributed by atoms with Crippen LogP contribution in [0.25, 0.3) is 0 Å². The van der Waals surface area contributed by atoms with Crippen molar-refractivity contribution in [2.75, 3.05) is 20.8 Å². The van der Waals surface area contributed by atoms with Gasteiger partial charge in [0.25, 0.3) is 0 Å². The molecule has 4 heteroatoms. The van der Waals surface area contributed by atoms with E-state index in [1.807, 2.05) is 19.0 Å². The van der Waals surface area contributed by atoms with Crippen LogP contribution >= 0.6 is 0 Å². The molecule has 56 valence electrons. The maximum absolute atomic E-state index is 8.84. The van der Waals surface area contributed by atoms with Gasteiger partial charge in [-0.1, -0.05) is 0 Å². The number of aliphatic hydroxyl groups excluding tert-OH is 1. The molecule has 0 spiro atoms. The zero-order chi connectivity index (χ0) is 7.44. The third-order valence-electron chi connectivity index (χ3n) is 0.926. The van der Waals surface area contributed by atoms with Crippen LogP contribution in [0.4, 0.5) is 0 Å². The SMILES string of the molecule is CC(O)N(N)CN(C)C. The Hall–Kier alpha value is -0.160. The number of nitrogens with zero attached hydrogens (tertiary/aromatic N) is 2. The molecule has 0 saturated carbocycles. The van der Waals surface area contributed by atoms with Crippen LogP contribution < -0.4 is 5.84 Å². The molecule has 0 fully saturated rings. The molecular weight excluding hydrogens is 118 g/mol. The van der Waals surface area contributed by atoms with Gasteiger partial charge < -0.3 is 5.11 Å². The number of rotatable bonds is 3. The number of hydrogen-bond acceptors (Lipinski definition) is 4. The first-order valence-corrected chi connectivity index (χ1v) is 2.88. The predicted molar refractivity (Wildman–Crippen MR) is 36.3 cm³/mol. The molecule has 1 atom stereocenters. The quantitative estimate of drug-likeness (QED) is 0.295. The Morgan fingerprint density at radius 3 is 2.11 bits per heavy atom. The van der Waals surface area contributed by atoms with Crippen LogP contribution in [0, 0.1) is 0 Å². The molecule has 4 nitrogen and oxygen atoms in total. The highest BCUT2D eigenvalue weighted by Crippen LogP contribution is 1.85. The Morgan fingerprint density at radius 1 is 1.56 bits per heavy atom. The largest absolute Gasteiger partial charge is 0.377 e. The van der Waals surface area contributed by atoms with Gasteiger partial charge in [0.2, 0.25) is 0 Å². The van der Waals surface area contributed by atoms with Crippen LogP contribution in [0.2, 0.25) is 0 Å². The van der Waals surface area contributed by atoms with Gasteiger partial charge in [0.15, 0.2) is 0 Å². The second-order valence-electron chi connectivity index (χ2n) is 2.37. The summed E-state index contributed by atoms with van der Waals surface area (Å²) in [6, 6.07) is 0. The summed E-state index contributed by atoms with van der Waals surface area (Å²) in [5.74, 6) is 5.36. The summed E-state index contributed by atoms with van der Waals surface area (Å²) >= 11 is 0. The number of hydrazine groups is 1. The van der Waals surface area contributed by atoms with Gasteiger partial charge in [0.05, 0.1) is 6.67 Å². The van der Waals surface area contributed by atoms with Gasteiger partial charge in [-0.15, -0.1) is 0 Å². The number of hydrogen-bond donors (Lipinski definition) is 2. The molecule has 0 radical (unpaired) electrons. The van der Waals surface area contributed by atoms with Crippen LogP contribution in [0.3, 0.4) is 0 Å². The lowest BCUT2D eigenvalue weighted by Gasteiger charge is -2.22. The van der Waals surface area contributed by atoms with Crippen LogP contribution in [-0.4, -0.2) is 42.0 Å². The number of nitrogens with two attached hydrogens (primary N) is 1. The van der Waals surface area contributed by atoms with E-state index in [1.54, 1.807) is 6.92 Å². The molecule has 0 aromatic carbocycles. The molecule has 0 rings (SSSR count). The highest BCUT2D eigenvalue weighted by Gasteiger charge is 2.04. The summed E-state index contributed by atoms with van der Waals surface area (Å²) in [6.45, 7) is 2.20. The fraction of sp³-hybridized carbons (Fsp3) is 1.00. The fourth-order valence-electron chi connectivity index (χ4n) is 0.445. The molecule has 0 saturated heterocycles. The molecule has 0 aliphatic heterocycles. The minimum Gasteiger partial charge on any atom is -0.377 e. The Kier molecular flexibility index (Phi) is 3.72. The van der Waals surface area contributed by atoms with Crippen molar-refractivity contribution in [3.05, 3.63) is 0 Å². The average molecular weight is 133 g/mol. The van der Waals surface area contributed by atoms with Gasteiger partial charge in [-0.25, -0.2) is 5.01 Å². The van der Waals surface area contributed by atoms with E-state index in [0.717, 1.165) is 0 Å². The average Bonchev–Trinajstić information content (AvgIpc) is 1.63. The van der Waals surface area contributed by atoms with Crippen LogP contribution in [0.1, 0.15) is 6.92 Å². The zero-order valence-electron chi connectivity index (χ0n) is 6.20. The molecule has 0 amide bonds. The molecule has 1 unspecified atom stereocenters. The molecule has 0 bridgehead atoms.